The van der Waals surface area contributed by atoms with E-state index < -0.39 is 0 Å². The summed E-state index contributed by atoms with van der Waals surface area (Å²) in [6.45, 7) is 2.36. The van der Waals surface area contributed by atoms with Gasteiger partial charge in [-0.05, 0) is 46.5 Å². The summed E-state index contributed by atoms with van der Waals surface area (Å²) in [7, 11) is 0. The maximum Gasteiger partial charge on any atom is 0.239 e. The quantitative estimate of drug-likeness (QED) is 0.897. The highest BCUT2D eigenvalue weighted by Gasteiger charge is 2.33. The second-order valence-electron chi connectivity index (χ2n) is 5.59. The lowest BCUT2D eigenvalue weighted by atomic mass is 10.1. The van der Waals surface area contributed by atoms with Gasteiger partial charge in [-0.3, -0.25) is 9.69 Å². The van der Waals surface area contributed by atoms with Gasteiger partial charge in [0.05, 0.1) is 17.7 Å². The van der Waals surface area contributed by atoms with E-state index >= 15 is 0 Å². The summed E-state index contributed by atoms with van der Waals surface area (Å²) >= 11 is 3.20. The maximum absolute atomic E-state index is 13.3. The summed E-state index contributed by atoms with van der Waals surface area (Å²) in [6, 6.07) is 5.05. The number of morpholine rings is 1. The average molecular weight is 357 g/mol. The first-order valence-corrected chi connectivity index (χ1v) is 7.99. The Morgan fingerprint density at radius 1 is 1.48 bits per heavy atom. The van der Waals surface area contributed by atoms with E-state index in [1.165, 1.54) is 6.07 Å². The third-order valence-corrected chi connectivity index (χ3v) is 4.44. The molecule has 2 aliphatic rings. The molecule has 1 amide bonds. The van der Waals surface area contributed by atoms with Gasteiger partial charge in [-0.2, -0.15) is 0 Å². The van der Waals surface area contributed by atoms with Crippen molar-refractivity contribution in [2.45, 2.75) is 31.5 Å². The van der Waals surface area contributed by atoms with Gasteiger partial charge in [0.2, 0.25) is 5.91 Å². The number of amides is 1. The van der Waals surface area contributed by atoms with Crippen LogP contribution in [0.1, 0.15) is 18.4 Å². The molecule has 6 heteroatoms. The number of carbonyl (C=O) groups is 1. The van der Waals surface area contributed by atoms with Crippen molar-refractivity contribution in [2.24, 2.45) is 0 Å². The van der Waals surface area contributed by atoms with E-state index in [-0.39, 0.29) is 17.8 Å². The van der Waals surface area contributed by atoms with E-state index in [2.05, 4.69) is 26.1 Å². The van der Waals surface area contributed by atoms with Crippen molar-refractivity contribution in [1.82, 2.24) is 10.2 Å². The van der Waals surface area contributed by atoms with E-state index in [1.54, 1.807) is 12.1 Å². The minimum atomic E-state index is -0.274. The van der Waals surface area contributed by atoms with Crippen LogP contribution in [0.5, 0.6) is 0 Å². The Labute approximate surface area is 131 Å². The van der Waals surface area contributed by atoms with Crippen molar-refractivity contribution >= 4 is 21.8 Å². The van der Waals surface area contributed by atoms with E-state index in [9.17, 15) is 9.18 Å². The lowest BCUT2D eigenvalue weighted by molar-refractivity contribution is -0.133. The van der Waals surface area contributed by atoms with Crippen LogP contribution >= 0.6 is 15.9 Å². The summed E-state index contributed by atoms with van der Waals surface area (Å²) in [5.74, 6) is -0.234. The fourth-order valence-electron chi connectivity index (χ4n) is 2.47. The fraction of sp³-hybridized carbons (Fsp3) is 0.533. The molecule has 0 bridgehead atoms. The van der Waals surface area contributed by atoms with E-state index in [4.69, 9.17) is 4.74 Å². The second kappa shape index (κ2) is 6.42. The van der Waals surface area contributed by atoms with Crippen LogP contribution in [-0.4, -0.2) is 42.6 Å². The Balaban J connectivity index is 1.68. The third-order valence-electron chi connectivity index (χ3n) is 3.84. The maximum atomic E-state index is 13.3. The smallest absolute Gasteiger partial charge is 0.239 e. The lowest BCUT2D eigenvalue weighted by Crippen LogP contribution is -2.53. The lowest BCUT2D eigenvalue weighted by Gasteiger charge is -2.34. The molecule has 4 nitrogen and oxygen atoms in total. The van der Waals surface area contributed by atoms with Gasteiger partial charge in [-0.25, -0.2) is 4.39 Å². The van der Waals surface area contributed by atoms with Crippen molar-refractivity contribution in [3.8, 4) is 0 Å². The molecule has 1 saturated carbocycles. The first kappa shape index (κ1) is 14.9. The van der Waals surface area contributed by atoms with Crippen LogP contribution in [0.25, 0.3) is 0 Å². The molecule has 1 aromatic rings. The SMILES string of the molecule is O=C(NC1CC1)C1COCCN1Cc1ccc(F)c(Br)c1. The van der Waals surface area contributed by atoms with Gasteiger partial charge in [0.15, 0.2) is 0 Å². The number of nitrogens with one attached hydrogen (secondary N) is 1. The molecule has 0 spiro atoms. The van der Waals surface area contributed by atoms with Gasteiger partial charge in [-0.1, -0.05) is 6.07 Å². The first-order chi connectivity index (χ1) is 10.1. The minimum Gasteiger partial charge on any atom is -0.378 e. The third kappa shape index (κ3) is 3.81. The number of hydrogen-bond acceptors (Lipinski definition) is 3. The van der Waals surface area contributed by atoms with Gasteiger partial charge in [0, 0.05) is 19.1 Å². The van der Waals surface area contributed by atoms with E-state index in [0.717, 1.165) is 18.4 Å². The Hall–Kier alpha value is -0.980. The van der Waals surface area contributed by atoms with Crippen molar-refractivity contribution < 1.29 is 13.9 Å². The van der Waals surface area contributed by atoms with Gasteiger partial charge in [-0.15, -0.1) is 0 Å². The highest BCUT2D eigenvalue weighted by Crippen LogP contribution is 2.22. The Bertz CT molecular complexity index is 536. The zero-order valence-corrected chi connectivity index (χ0v) is 13.2. The molecule has 3 rings (SSSR count). The summed E-state index contributed by atoms with van der Waals surface area (Å²) in [6.07, 6.45) is 2.15. The molecule has 21 heavy (non-hydrogen) atoms. The molecule has 2 fully saturated rings. The molecule has 1 saturated heterocycles. The van der Waals surface area contributed by atoms with Gasteiger partial charge >= 0.3 is 0 Å². The molecule has 1 aliphatic heterocycles. The number of benzene rings is 1. The fourth-order valence-corrected chi connectivity index (χ4v) is 2.89. The second-order valence-corrected chi connectivity index (χ2v) is 6.45. The molecule has 0 radical (unpaired) electrons. The van der Waals surface area contributed by atoms with Crippen LogP contribution < -0.4 is 5.32 Å². The molecule has 1 aliphatic carbocycles. The average Bonchev–Trinajstić information content (AvgIpc) is 3.27. The molecule has 1 atom stereocenters. The van der Waals surface area contributed by atoms with Crippen LogP contribution in [0.15, 0.2) is 22.7 Å². The molecule has 1 unspecified atom stereocenters. The standard InChI is InChI=1S/C15H18BrFN2O2/c16-12-7-10(1-4-13(12)17)8-19-5-6-21-9-14(19)15(20)18-11-2-3-11/h1,4,7,11,14H,2-3,5-6,8-9H2,(H,18,20). The Kier molecular flexibility index (Phi) is 4.57. The molecule has 114 valence electrons. The van der Waals surface area contributed by atoms with Crippen molar-refractivity contribution in [2.75, 3.05) is 19.8 Å². The van der Waals surface area contributed by atoms with Crippen LogP contribution in [0, 0.1) is 5.82 Å². The number of nitrogens with zero attached hydrogens (tertiary/aromatic N) is 1. The number of halogens is 2. The molecule has 1 heterocycles. The van der Waals surface area contributed by atoms with Crippen molar-refractivity contribution in [3.63, 3.8) is 0 Å². The van der Waals surface area contributed by atoms with Crippen molar-refractivity contribution in [1.29, 1.82) is 0 Å². The largest absolute Gasteiger partial charge is 0.378 e. The highest BCUT2D eigenvalue weighted by atomic mass is 79.9. The monoisotopic (exact) mass is 356 g/mol. The van der Waals surface area contributed by atoms with Crippen LogP contribution in [0.4, 0.5) is 4.39 Å². The normalized spacial score (nSPS) is 23.0. The number of carbonyl (C=O) groups excluding carboxylic acids is 1. The molecule has 1 aromatic carbocycles. The van der Waals surface area contributed by atoms with Crippen LogP contribution in [-0.2, 0) is 16.1 Å². The first-order valence-electron chi connectivity index (χ1n) is 7.19. The predicted molar refractivity (Wildman–Crippen MR) is 80.3 cm³/mol. The summed E-state index contributed by atoms with van der Waals surface area (Å²) in [4.78, 5) is 14.4. The molecule has 0 aromatic heterocycles. The van der Waals surface area contributed by atoms with E-state index in [0.29, 0.717) is 36.8 Å². The highest BCUT2D eigenvalue weighted by molar-refractivity contribution is 9.10. The van der Waals surface area contributed by atoms with Crippen molar-refractivity contribution in [3.05, 3.63) is 34.1 Å². The van der Waals surface area contributed by atoms with E-state index in [1.807, 2.05) is 0 Å². The zero-order valence-electron chi connectivity index (χ0n) is 11.6. The predicted octanol–water partition coefficient (Wildman–Crippen LogP) is 2.07. The summed E-state index contributed by atoms with van der Waals surface area (Å²) in [5.41, 5.74) is 0.981. The summed E-state index contributed by atoms with van der Waals surface area (Å²) in [5, 5.41) is 3.03. The van der Waals surface area contributed by atoms with Gasteiger partial charge < -0.3 is 10.1 Å². The molecule has 1 N–H and O–H groups in total. The minimum absolute atomic E-state index is 0.0402. The summed E-state index contributed by atoms with van der Waals surface area (Å²) < 4.78 is 19.2. The van der Waals surface area contributed by atoms with Gasteiger partial charge in [0.1, 0.15) is 11.9 Å². The Morgan fingerprint density at radius 3 is 3.00 bits per heavy atom. The topological polar surface area (TPSA) is 41.6 Å². The number of hydrogen-bond donors (Lipinski definition) is 1. The molecular formula is C15H18BrFN2O2. The van der Waals surface area contributed by atoms with Gasteiger partial charge in [0.25, 0.3) is 0 Å². The Morgan fingerprint density at radius 2 is 2.29 bits per heavy atom. The zero-order chi connectivity index (χ0) is 14.8. The molecular weight excluding hydrogens is 339 g/mol. The number of ether oxygens (including phenoxy) is 1. The van der Waals surface area contributed by atoms with Crippen LogP contribution in [0.2, 0.25) is 0 Å². The number of rotatable bonds is 4. The van der Waals surface area contributed by atoms with Crippen LogP contribution in [0.3, 0.4) is 0 Å².